The van der Waals surface area contributed by atoms with Gasteiger partial charge in [-0.1, -0.05) is 17.7 Å². The molecule has 1 rings (SSSR count). The Morgan fingerprint density at radius 3 is 2.45 bits per heavy atom. The molecular formula is C9H11ClS. The van der Waals surface area contributed by atoms with Crippen molar-refractivity contribution in [2.24, 2.45) is 0 Å². The fourth-order valence-electron chi connectivity index (χ4n) is 1.01. The Labute approximate surface area is 78.0 Å². The highest BCUT2D eigenvalue weighted by atomic mass is 35.5. The van der Waals surface area contributed by atoms with Crippen LogP contribution in [0.4, 0.5) is 0 Å². The molecule has 0 aromatic heterocycles. The van der Waals surface area contributed by atoms with Crippen LogP contribution in [0.2, 0.25) is 5.02 Å². The van der Waals surface area contributed by atoms with Crippen molar-refractivity contribution in [1.82, 2.24) is 0 Å². The van der Waals surface area contributed by atoms with E-state index in [9.17, 15) is 0 Å². The number of benzene rings is 1. The van der Waals surface area contributed by atoms with E-state index in [0.29, 0.717) is 0 Å². The van der Waals surface area contributed by atoms with Gasteiger partial charge in [-0.05, 0) is 37.1 Å². The van der Waals surface area contributed by atoms with Crippen LogP contribution in [0.3, 0.4) is 0 Å². The summed E-state index contributed by atoms with van der Waals surface area (Å²) in [5, 5.41) is 1.05. The van der Waals surface area contributed by atoms with Gasteiger partial charge < -0.3 is 0 Å². The Bertz CT molecular complexity index is 235. The van der Waals surface area contributed by atoms with Crippen molar-refractivity contribution in [3.63, 3.8) is 0 Å². The molecule has 0 bridgehead atoms. The molecule has 0 saturated heterocycles. The smallest absolute Gasteiger partial charge is 0.0411 e. The summed E-state index contributed by atoms with van der Waals surface area (Å²) in [5.41, 5.74) is 2.37. The molecule has 0 amide bonds. The first-order valence-corrected chi connectivity index (χ1v) is 4.44. The fraction of sp³-hybridized carbons (Fsp3) is 0.333. The number of thiol groups is 1. The first-order valence-electron chi connectivity index (χ1n) is 3.55. The van der Waals surface area contributed by atoms with Gasteiger partial charge in [0.15, 0.2) is 0 Å². The van der Waals surface area contributed by atoms with Crippen molar-refractivity contribution >= 4 is 24.2 Å². The van der Waals surface area contributed by atoms with E-state index < -0.39 is 0 Å². The van der Waals surface area contributed by atoms with Crippen LogP contribution in [0.25, 0.3) is 0 Å². The zero-order valence-corrected chi connectivity index (χ0v) is 8.28. The molecule has 0 aliphatic heterocycles. The van der Waals surface area contributed by atoms with Gasteiger partial charge in [0.2, 0.25) is 0 Å². The molecule has 60 valence electrons. The zero-order valence-electron chi connectivity index (χ0n) is 6.63. The van der Waals surface area contributed by atoms with Crippen LogP contribution in [0.15, 0.2) is 18.2 Å². The summed E-state index contributed by atoms with van der Waals surface area (Å²) in [7, 11) is 0. The number of hydrogen-bond acceptors (Lipinski definition) is 1. The predicted octanol–water partition coefficient (Wildman–Crippen LogP) is 3.64. The third-order valence-electron chi connectivity index (χ3n) is 1.55. The Balaban J connectivity index is 3.08. The highest BCUT2D eigenvalue weighted by molar-refractivity contribution is 7.80. The molecule has 0 spiro atoms. The quantitative estimate of drug-likeness (QED) is 0.637. The van der Waals surface area contributed by atoms with E-state index in [1.54, 1.807) is 0 Å². The van der Waals surface area contributed by atoms with Crippen molar-refractivity contribution in [1.29, 1.82) is 0 Å². The van der Waals surface area contributed by atoms with Gasteiger partial charge in [0.05, 0.1) is 0 Å². The summed E-state index contributed by atoms with van der Waals surface area (Å²) in [6.45, 7) is 4.07. The fourth-order valence-corrected chi connectivity index (χ4v) is 1.45. The molecule has 0 aliphatic rings. The first kappa shape index (κ1) is 8.95. The molecule has 11 heavy (non-hydrogen) atoms. The summed E-state index contributed by atoms with van der Waals surface area (Å²) in [6, 6.07) is 6.00. The first-order chi connectivity index (χ1) is 5.09. The molecule has 1 atom stereocenters. The van der Waals surface area contributed by atoms with E-state index >= 15 is 0 Å². The van der Waals surface area contributed by atoms with Crippen LogP contribution in [0.1, 0.15) is 23.3 Å². The van der Waals surface area contributed by atoms with Crippen LogP contribution in [-0.2, 0) is 0 Å². The molecule has 0 N–H and O–H groups in total. The summed E-state index contributed by atoms with van der Waals surface area (Å²) in [5.74, 6) is 0. The summed E-state index contributed by atoms with van der Waals surface area (Å²) >= 11 is 10.2. The van der Waals surface area contributed by atoms with Crippen molar-refractivity contribution in [3.05, 3.63) is 34.3 Å². The van der Waals surface area contributed by atoms with E-state index in [1.165, 1.54) is 11.1 Å². The molecular weight excluding hydrogens is 176 g/mol. The van der Waals surface area contributed by atoms with Gasteiger partial charge in [-0.15, -0.1) is 0 Å². The summed E-state index contributed by atoms with van der Waals surface area (Å²) < 4.78 is 0. The molecule has 0 heterocycles. The summed E-state index contributed by atoms with van der Waals surface area (Å²) in [4.78, 5) is 0. The third-order valence-corrected chi connectivity index (χ3v) is 2.06. The number of halogens is 1. The maximum absolute atomic E-state index is 5.86. The lowest BCUT2D eigenvalue weighted by Crippen LogP contribution is -1.85. The molecule has 0 nitrogen and oxygen atoms in total. The van der Waals surface area contributed by atoms with Crippen LogP contribution in [0.5, 0.6) is 0 Å². The zero-order chi connectivity index (χ0) is 8.43. The molecule has 0 unspecified atom stereocenters. The highest BCUT2D eigenvalue weighted by Crippen LogP contribution is 2.23. The lowest BCUT2D eigenvalue weighted by Gasteiger charge is -2.05. The Hall–Kier alpha value is -0.140. The van der Waals surface area contributed by atoms with Crippen LogP contribution in [0, 0.1) is 6.92 Å². The SMILES string of the molecule is Cc1cc(Cl)cc([C@H](C)S)c1. The Morgan fingerprint density at radius 1 is 1.36 bits per heavy atom. The van der Waals surface area contributed by atoms with Gasteiger partial charge in [0.25, 0.3) is 0 Å². The van der Waals surface area contributed by atoms with Crippen LogP contribution >= 0.6 is 24.2 Å². The van der Waals surface area contributed by atoms with Gasteiger partial charge in [0.1, 0.15) is 0 Å². The van der Waals surface area contributed by atoms with Crippen LogP contribution < -0.4 is 0 Å². The molecule has 2 heteroatoms. The van der Waals surface area contributed by atoms with Gasteiger partial charge in [-0.3, -0.25) is 0 Å². The number of aryl methyl sites for hydroxylation is 1. The molecule has 1 aromatic carbocycles. The van der Waals surface area contributed by atoms with Gasteiger partial charge in [0, 0.05) is 10.3 Å². The van der Waals surface area contributed by atoms with Gasteiger partial charge >= 0.3 is 0 Å². The van der Waals surface area contributed by atoms with Crippen molar-refractivity contribution in [2.45, 2.75) is 19.1 Å². The van der Waals surface area contributed by atoms with E-state index in [1.807, 2.05) is 26.0 Å². The predicted molar refractivity (Wildman–Crippen MR) is 53.6 cm³/mol. The second kappa shape index (κ2) is 3.51. The largest absolute Gasteiger partial charge is 0.171 e. The average Bonchev–Trinajstić information content (AvgIpc) is 1.85. The van der Waals surface area contributed by atoms with Gasteiger partial charge in [-0.25, -0.2) is 0 Å². The van der Waals surface area contributed by atoms with E-state index in [2.05, 4.69) is 18.7 Å². The number of rotatable bonds is 1. The molecule has 0 aliphatic carbocycles. The van der Waals surface area contributed by atoms with Crippen molar-refractivity contribution in [3.8, 4) is 0 Å². The highest BCUT2D eigenvalue weighted by Gasteiger charge is 2.00. The minimum absolute atomic E-state index is 0.257. The Kier molecular flexibility index (Phi) is 2.85. The molecule has 0 radical (unpaired) electrons. The standard InChI is InChI=1S/C9H11ClS/c1-6-3-8(7(2)11)5-9(10)4-6/h3-5,7,11H,1-2H3/t7-/m0/s1. The van der Waals surface area contributed by atoms with E-state index in [4.69, 9.17) is 11.6 Å². The van der Waals surface area contributed by atoms with Gasteiger partial charge in [-0.2, -0.15) is 12.6 Å². The topological polar surface area (TPSA) is 0 Å². The monoisotopic (exact) mass is 186 g/mol. The lowest BCUT2D eigenvalue weighted by atomic mass is 10.1. The lowest BCUT2D eigenvalue weighted by molar-refractivity contribution is 1.10. The molecule has 0 fully saturated rings. The number of hydrogen-bond donors (Lipinski definition) is 1. The minimum atomic E-state index is 0.257. The van der Waals surface area contributed by atoms with Crippen LogP contribution in [-0.4, -0.2) is 0 Å². The average molecular weight is 187 g/mol. The van der Waals surface area contributed by atoms with Crippen molar-refractivity contribution in [2.75, 3.05) is 0 Å². The maximum atomic E-state index is 5.86. The molecule has 0 saturated carbocycles. The molecule has 1 aromatic rings. The maximum Gasteiger partial charge on any atom is 0.0411 e. The minimum Gasteiger partial charge on any atom is -0.171 e. The summed E-state index contributed by atoms with van der Waals surface area (Å²) in [6.07, 6.45) is 0. The Morgan fingerprint density at radius 2 is 2.00 bits per heavy atom. The van der Waals surface area contributed by atoms with Crippen molar-refractivity contribution < 1.29 is 0 Å². The second-order valence-electron chi connectivity index (χ2n) is 2.74. The normalized spacial score (nSPS) is 13.1. The third kappa shape index (κ3) is 2.42. The van der Waals surface area contributed by atoms with E-state index in [-0.39, 0.29) is 5.25 Å². The van der Waals surface area contributed by atoms with E-state index in [0.717, 1.165) is 5.02 Å². The second-order valence-corrected chi connectivity index (χ2v) is 3.95.